The number of benzene rings is 2. The van der Waals surface area contributed by atoms with Gasteiger partial charge in [0.15, 0.2) is 0 Å². The van der Waals surface area contributed by atoms with Gasteiger partial charge in [0.2, 0.25) is 27.6 Å². The maximum absolute atomic E-state index is 13.0. The summed E-state index contributed by atoms with van der Waals surface area (Å²) in [6, 6.07) is 11.7. The van der Waals surface area contributed by atoms with Gasteiger partial charge in [0.1, 0.15) is 5.75 Å². The zero-order valence-corrected chi connectivity index (χ0v) is 19.1. The Morgan fingerprint density at radius 3 is 2.71 bits per heavy atom. The van der Waals surface area contributed by atoms with Gasteiger partial charge >= 0.3 is 0 Å². The first-order valence-corrected chi connectivity index (χ1v) is 11.8. The average Bonchev–Trinajstić information content (AvgIpc) is 3.21. The first-order valence-electron chi connectivity index (χ1n) is 9.13. The van der Waals surface area contributed by atoms with E-state index in [0.29, 0.717) is 22.8 Å². The fourth-order valence-corrected chi connectivity index (χ4v) is 4.47. The number of carbonyl (C=O) groups is 1. The number of ether oxygens (including phenoxy) is 1. The van der Waals surface area contributed by atoms with Crippen molar-refractivity contribution in [3.05, 3.63) is 48.4 Å². The first-order chi connectivity index (χ1) is 14.7. The van der Waals surface area contributed by atoms with Gasteiger partial charge in [-0.25, -0.2) is 8.42 Å². The largest absolute Gasteiger partial charge is 0.497 e. The second kappa shape index (κ2) is 9.50. The predicted molar refractivity (Wildman–Crippen MR) is 117 cm³/mol. The van der Waals surface area contributed by atoms with Crippen molar-refractivity contribution in [2.24, 2.45) is 0 Å². The molecule has 0 bridgehead atoms. The summed E-state index contributed by atoms with van der Waals surface area (Å²) >= 11 is 1.41. The molecule has 1 amide bonds. The SMILES string of the molecule is COc1cccc(-c2noc(CN(C)S(=O)(=O)c3ccc(SC)c(NC(C)=O)c3)n2)c1. The van der Waals surface area contributed by atoms with Crippen LogP contribution in [0.3, 0.4) is 0 Å². The lowest BCUT2D eigenvalue weighted by Crippen LogP contribution is -2.26. The molecule has 11 heteroatoms. The zero-order valence-electron chi connectivity index (χ0n) is 17.4. The molecule has 0 aliphatic rings. The number of sulfonamides is 1. The number of hydrogen-bond acceptors (Lipinski definition) is 8. The molecular formula is C20H22N4O5S2. The molecule has 0 aliphatic heterocycles. The Bertz CT molecular complexity index is 1190. The van der Waals surface area contributed by atoms with Gasteiger partial charge in [-0.1, -0.05) is 17.3 Å². The summed E-state index contributed by atoms with van der Waals surface area (Å²) in [5, 5.41) is 6.59. The fourth-order valence-electron chi connectivity index (χ4n) is 2.79. The lowest BCUT2D eigenvalue weighted by molar-refractivity contribution is -0.114. The van der Waals surface area contributed by atoms with Crippen molar-refractivity contribution < 1.29 is 22.5 Å². The Morgan fingerprint density at radius 2 is 2.03 bits per heavy atom. The van der Waals surface area contributed by atoms with Crippen LogP contribution >= 0.6 is 11.8 Å². The molecule has 0 radical (unpaired) electrons. The molecule has 0 atom stereocenters. The van der Waals surface area contributed by atoms with Crippen LogP contribution in [0.15, 0.2) is 56.8 Å². The summed E-state index contributed by atoms with van der Waals surface area (Å²) in [4.78, 5) is 16.6. The van der Waals surface area contributed by atoms with Crippen LogP contribution in [0.5, 0.6) is 5.75 Å². The van der Waals surface area contributed by atoms with Gasteiger partial charge in [0.25, 0.3) is 0 Å². The number of aromatic nitrogens is 2. The molecule has 0 aliphatic carbocycles. The Kier molecular flexibility index (Phi) is 6.98. The highest BCUT2D eigenvalue weighted by Crippen LogP contribution is 2.29. The quantitative estimate of drug-likeness (QED) is 0.508. The van der Waals surface area contributed by atoms with Gasteiger partial charge in [-0.05, 0) is 36.6 Å². The van der Waals surface area contributed by atoms with Crippen molar-refractivity contribution >= 4 is 33.4 Å². The Hall–Kier alpha value is -2.89. The molecule has 0 saturated heterocycles. The van der Waals surface area contributed by atoms with Crippen molar-refractivity contribution in [2.45, 2.75) is 23.3 Å². The van der Waals surface area contributed by atoms with Gasteiger partial charge < -0.3 is 14.6 Å². The van der Waals surface area contributed by atoms with Crippen LogP contribution in [-0.2, 0) is 21.4 Å². The van der Waals surface area contributed by atoms with Gasteiger partial charge in [-0.2, -0.15) is 9.29 Å². The van der Waals surface area contributed by atoms with E-state index in [2.05, 4.69) is 15.5 Å². The summed E-state index contributed by atoms with van der Waals surface area (Å²) in [6.45, 7) is 1.26. The van der Waals surface area contributed by atoms with Crippen LogP contribution < -0.4 is 10.1 Å². The second-order valence-electron chi connectivity index (χ2n) is 6.55. The minimum atomic E-state index is -3.86. The predicted octanol–water partition coefficient (Wildman–Crippen LogP) is 3.25. The van der Waals surface area contributed by atoms with E-state index in [1.54, 1.807) is 37.4 Å². The zero-order chi connectivity index (χ0) is 22.6. The lowest BCUT2D eigenvalue weighted by Gasteiger charge is -2.17. The second-order valence-corrected chi connectivity index (χ2v) is 9.44. The Labute approximate surface area is 184 Å². The van der Waals surface area contributed by atoms with Crippen LogP contribution in [0.4, 0.5) is 5.69 Å². The van der Waals surface area contributed by atoms with Crippen molar-refractivity contribution in [2.75, 3.05) is 25.7 Å². The van der Waals surface area contributed by atoms with Crippen LogP contribution in [-0.4, -0.2) is 49.2 Å². The number of amides is 1. The van der Waals surface area contributed by atoms with Gasteiger partial charge in [-0.15, -0.1) is 11.8 Å². The van der Waals surface area contributed by atoms with Crippen LogP contribution in [0, 0.1) is 0 Å². The fraction of sp³-hybridized carbons (Fsp3) is 0.250. The molecule has 0 saturated carbocycles. The number of carbonyl (C=O) groups excluding carboxylic acids is 1. The van der Waals surface area contributed by atoms with Crippen LogP contribution in [0.25, 0.3) is 11.4 Å². The molecule has 1 N–H and O–H groups in total. The number of thioether (sulfide) groups is 1. The molecule has 1 aromatic heterocycles. The molecule has 3 rings (SSSR count). The van der Waals surface area contributed by atoms with Gasteiger partial charge in [-0.3, -0.25) is 4.79 Å². The molecular weight excluding hydrogens is 440 g/mol. The highest BCUT2D eigenvalue weighted by Gasteiger charge is 2.24. The monoisotopic (exact) mass is 462 g/mol. The van der Waals surface area contributed by atoms with E-state index < -0.39 is 10.0 Å². The van der Waals surface area contributed by atoms with E-state index in [4.69, 9.17) is 9.26 Å². The van der Waals surface area contributed by atoms with Crippen molar-refractivity contribution in [1.29, 1.82) is 0 Å². The topological polar surface area (TPSA) is 115 Å². The molecule has 2 aromatic carbocycles. The first kappa shape index (κ1) is 22.8. The Morgan fingerprint density at radius 1 is 1.26 bits per heavy atom. The van der Waals surface area contributed by atoms with E-state index in [-0.39, 0.29) is 23.2 Å². The van der Waals surface area contributed by atoms with E-state index in [1.165, 1.54) is 37.9 Å². The van der Waals surface area contributed by atoms with Crippen LogP contribution in [0.2, 0.25) is 0 Å². The number of rotatable bonds is 8. The summed E-state index contributed by atoms with van der Waals surface area (Å²) in [7, 11) is -0.880. The molecule has 31 heavy (non-hydrogen) atoms. The van der Waals surface area contributed by atoms with Crippen molar-refractivity contribution in [3.8, 4) is 17.1 Å². The molecule has 164 valence electrons. The summed E-state index contributed by atoms with van der Waals surface area (Å²) in [5.41, 5.74) is 1.13. The minimum Gasteiger partial charge on any atom is -0.497 e. The Balaban J connectivity index is 1.82. The van der Waals surface area contributed by atoms with E-state index >= 15 is 0 Å². The van der Waals surface area contributed by atoms with Gasteiger partial charge in [0.05, 0.1) is 24.2 Å². The number of nitrogens with zero attached hydrogens (tertiary/aromatic N) is 3. The molecule has 9 nitrogen and oxygen atoms in total. The van der Waals surface area contributed by atoms with Crippen LogP contribution in [0.1, 0.15) is 12.8 Å². The highest BCUT2D eigenvalue weighted by atomic mass is 32.2. The number of nitrogens with one attached hydrogen (secondary N) is 1. The van der Waals surface area contributed by atoms with Crippen molar-refractivity contribution in [3.63, 3.8) is 0 Å². The van der Waals surface area contributed by atoms with E-state index in [9.17, 15) is 13.2 Å². The molecule has 0 unspecified atom stereocenters. The summed E-state index contributed by atoms with van der Waals surface area (Å²) < 4.78 is 37.6. The molecule has 0 spiro atoms. The van der Waals surface area contributed by atoms with E-state index in [1.807, 2.05) is 6.26 Å². The number of hydrogen-bond donors (Lipinski definition) is 1. The highest BCUT2D eigenvalue weighted by molar-refractivity contribution is 7.98. The number of methoxy groups -OCH3 is 1. The molecule has 3 aromatic rings. The molecule has 0 fully saturated rings. The summed E-state index contributed by atoms with van der Waals surface area (Å²) in [5.74, 6) is 0.838. The third-order valence-electron chi connectivity index (χ3n) is 4.34. The minimum absolute atomic E-state index is 0.0454. The number of anilines is 1. The maximum Gasteiger partial charge on any atom is 0.243 e. The van der Waals surface area contributed by atoms with E-state index in [0.717, 1.165) is 9.20 Å². The third-order valence-corrected chi connectivity index (χ3v) is 6.94. The molecule has 1 heterocycles. The smallest absolute Gasteiger partial charge is 0.243 e. The standard InChI is InChI=1S/C20H22N4O5S2/c1-13(25)21-17-11-16(8-9-18(17)30-4)31(26,27)24(2)12-19-22-20(23-29-19)14-6-5-7-15(10-14)28-3/h5-11H,12H2,1-4H3,(H,21,25). The summed E-state index contributed by atoms with van der Waals surface area (Å²) in [6.07, 6.45) is 1.84. The van der Waals surface area contributed by atoms with Crippen molar-refractivity contribution in [1.82, 2.24) is 14.4 Å². The lowest BCUT2D eigenvalue weighted by atomic mass is 10.2. The maximum atomic E-state index is 13.0. The third kappa shape index (κ3) is 5.24. The van der Waals surface area contributed by atoms with Gasteiger partial charge in [0, 0.05) is 24.4 Å². The average molecular weight is 463 g/mol. The normalized spacial score (nSPS) is 11.5.